The average Bonchev–Trinajstić information content (AvgIpc) is 2.41. The number of nitriles is 1. The number of nitrogens with zero attached hydrogens (tertiary/aromatic N) is 2. The second-order valence-electron chi connectivity index (χ2n) is 4.69. The van der Waals surface area contributed by atoms with E-state index in [0.717, 1.165) is 22.5 Å². The summed E-state index contributed by atoms with van der Waals surface area (Å²) in [4.78, 5) is 2.05. The first-order valence-electron chi connectivity index (χ1n) is 6.17. The molecule has 2 rings (SSSR count). The first-order valence-corrected chi connectivity index (χ1v) is 6.17. The summed E-state index contributed by atoms with van der Waals surface area (Å²) in [6.45, 7) is 2.67. The van der Waals surface area contributed by atoms with Crippen LogP contribution in [0.25, 0.3) is 0 Å². The van der Waals surface area contributed by atoms with Crippen molar-refractivity contribution in [2.24, 2.45) is 0 Å². The van der Waals surface area contributed by atoms with Crippen molar-refractivity contribution in [2.45, 2.75) is 13.5 Å². The Morgan fingerprint density at radius 3 is 2.63 bits per heavy atom. The van der Waals surface area contributed by atoms with Gasteiger partial charge in [-0.15, -0.1) is 0 Å². The van der Waals surface area contributed by atoms with Gasteiger partial charge in [0.1, 0.15) is 6.07 Å². The molecule has 0 aliphatic carbocycles. The molecule has 0 aliphatic heterocycles. The molecular weight excluding hydrogens is 234 g/mol. The van der Waals surface area contributed by atoms with Gasteiger partial charge in [-0.2, -0.15) is 5.26 Å². The van der Waals surface area contributed by atoms with Gasteiger partial charge in [0.05, 0.1) is 11.3 Å². The Morgan fingerprint density at radius 1 is 1.21 bits per heavy atom. The minimum Gasteiger partial charge on any atom is -0.398 e. The number of hydrogen-bond acceptors (Lipinski definition) is 3. The van der Waals surface area contributed by atoms with Crippen LogP contribution >= 0.6 is 0 Å². The highest BCUT2D eigenvalue weighted by molar-refractivity contribution is 5.61. The Hall–Kier alpha value is -2.47. The van der Waals surface area contributed by atoms with E-state index in [9.17, 15) is 5.26 Å². The van der Waals surface area contributed by atoms with E-state index in [1.165, 1.54) is 0 Å². The van der Waals surface area contributed by atoms with Crippen LogP contribution in [0, 0.1) is 18.3 Å². The van der Waals surface area contributed by atoms with Gasteiger partial charge in [0.15, 0.2) is 0 Å². The lowest BCUT2D eigenvalue weighted by Gasteiger charge is -2.21. The summed E-state index contributed by atoms with van der Waals surface area (Å²) >= 11 is 0. The van der Waals surface area contributed by atoms with Crippen LogP contribution in [-0.4, -0.2) is 7.05 Å². The molecule has 96 valence electrons. The van der Waals surface area contributed by atoms with Crippen LogP contribution in [0.1, 0.15) is 16.7 Å². The van der Waals surface area contributed by atoms with E-state index >= 15 is 0 Å². The molecule has 2 aromatic carbocycles. The quantitative estimate of drug-likeness (QED) is 0.853. The molecule has 2 N–H and O–H groups in total. The molecule has 3 heteroatoms. The van der Waals surface area contributed by atoms with Crippen molar-refractivity contribution in [1.82, 2.24) is 0 Å². The third-order valence-corrected chi connectivity index (χ3v) is 3.15. The molecule has 0 saturated heterocycles. The fraction of sp³-hybridized carbons (Fsp3) is 0.188. The lowest BCUT2D eigenvalue weighted by atomic mass is 10.1. The zero-order valence-corrected chi connectivity index (χ0v) is 11.2. The van der Waals surface area contributed by atoms with E-state index in [1.54, 1.807) is 0 Å². The SMILES string of the molecule is Cc1ccc(N(C)Cc2ccccc2N)c(C#N)c1. The number of para-hydroxylation sites is 1. The summed E-state index contributed by atoms with van der Waals surface area (Å²) in [6.07, 6.45) is 0. The fourth-order valence-electron chi connectivity index (χ4n) is 2.09. The number of anilines is 2. The molecule has 2 aromatic rings. The molecule has 0 amide bonds. The van der Waals surface area contributed by atoms with E-state index in [4.69, 9.17) is 5.73 Å². The molecule has 19 heavy (non-hydrogen) atoms. The monoisotopic (exact) mass is 251 g/mol. The molecule has 0 bridgehead atoms. The Kier molecular flexibility index (Phi) is 3.72. The Balaban J connectivity index is 2.28. The maximum Gasteiger partial charge on any atom is 0.101 e. The fourth-order valence-corrected chi connectivity index (χ4v) is 2.09. The van der Waals surface area contributed by atoms with Gasteiger partial charge >= 0.3 is 0 Å². The van der Waals surface area contributed by atoms with Crippen molar-refractivity contribution in [3.05, 3.63) is 59.2 Å². The Labute approximate surface area is 113 Å². The van der Waals surface area contributed by atoms with E-state index < -0.39 is 0 Å². The predicted octanol–water partition coefficient (Wildman–Crippen LogP) is 3.09. The van der Waals surface area contributed by atoms with Crippen molar-refractivity contribution in [3.8, 4) is 6.07 Å². The molecule has 0 heterocycles. The highest BCUT2D eigenvalue weighted by atomic mass is 15.1. The molecule has 0 radical (unpaired) electrons. The van der Waals surface area contributed by atoms with Gasteiger partial charge in [-0.3, -0.25) is 0 Å². The standard InChI is InChI=1S/C16H17N3/c1-12-7-8-16(14(9-12)10-17)19(2)11-13-5-3-4-6-15(13)18/h3-9H,11,18H2,1-2H3. The second kappa shape index (κ2) is 5.45. The van der Waals surface area contributed by atoms with Crippen LogP contribution in [0.2, 0.25) is 0 Å². The molecule has 0 saturated carbocycles. The molecular formula is C16H17N3. The van der Waals surface area contributed by atoms with Crippen LogP contribution in [0.15, 0.2) is 42.5 Å². The van der Waals surface area contributed by atoms with Gasteiger partial charge in [-0.05, 0) is 36.2 Å². The molecule has 0 fully saturated rings. The van der Waals surface area contributed by atoms with Crippen molar-refractivity contribution in [3.63, 3.8) is 0 Å². The van der Waals surface area contributed by atoms with Crippen molar-refractivity contribution in [2.75, 3.05) is 17.7 Å². The van der Waals surface area contributed by atoms with Gasteiger partial charge in [0, 0.05) is 19.3 Å². The minimum atomic E-state index is 0.685. The third kappa shape index (κ3) is 2.86. The summed E-state index contributed by atoms with van der Waals surface area (Å²) in [6, 6.07) is 15.9. The van der Waals surface area contributed by atoms with Crippen LogP contribution in [0.4, 0.5) is 11.4 Å². The topological polar surface area (TPSA) is 53.0 Å². The Bertz CT molecular complexity index is 626. The summed E-state index contributed by atoms with van der Waals surface area (Å²) < 4.78 is 0. The average molecular weight is 251 g/mol. The van der Waals surface area contributed by atoms with Crippen molar-refractivity contribution < 1.29 is 0 Å². The zero-order chi connectivity index (χ0) is 13.8. The van der Waals surface area contributed by atoms with Crippen LogP contribution < -0.4 is 10.6 Å². The van der Waals surface area contributed by atoms with Crippen LogP contribution in [0.3, 0.4) is 0 Å². The van der Waals surface area contributed by atoms with E-state index in [-0.39, 0.29) is 0 Å². The van der Waals surface area contributed by atoms with Crippen molar-refractivity contribution in [1.29, 1.82) is 5.26 Å². The maximum absolute atomic E-state index is 9.21. The third-order valence-electron chi connectivity index (χ3n) is 3.15. The highest BCUT2D eigenvalue weighted by Crippen LogP contribution is 2.23. The second-order valence-corrected chi connectivity index (χ2v) is 4.69. The number of nitrogen functional groups attached to an aromatic ring is 1. The Morgan fingerprint density at radius 2 is 1.95 bits per heavy atom. The first-order chi connectivity index (χ1) is 9.11. The highest BCUT2D eigenvalue weighted by Gasteiger charge is 2.09. The molecule has 0 aromatic heterocycles. The number of hydrogen-bond donors (Lipinski definition) is 1. The summed E-state index contributed by atoms with van der Waals surface area (Å²) in [7, 11) is 1.97. The number of aryl methyl sites for hydroxylation is 1. The molecule has 0 aliphatic rings. The van der Waals surface area contributed by atoms with Gasteiger partial charge in [-0.1, -0.05) is 24.3 Å². The van der Waals surface area contributed by atoms with Crippen molar-refractivity contribution >= 4 is 11.4 Å². The van der Waals surface area contributed by atoms with E-state index in [0.29, 0.717) is 12.1 Å². The smallest absolute Gasteiger partial charge is 0.101 e. The van der Waals surface area contributed by atoms with Crippen LogP contribution in [0.5, 0.6) is 0 Å². The van der Waals surface area contributed by atoms with E-state index in [2.05, 4.69) is 6.07 Å². The lowest BCUT2D eigenvalue weighted by Crippen LogP contribution is -2.18. The normalized spacial score (nSPS) is 9.95. The minimum absolute atomic E-state index is 0.685. The number of nitrogens with two attached hydrogens (primary N) is 1. The summed E-state index contributed by atoms with van der Waals surface area (Å²) in [5, 5.41) is 9.21. The molecule has 3 nitrogen and oxygen atoms in total. The van der Waals surface area contributed by atoms with Gasteiger partial charge < -0.3 is 10.6 Å². The number of benzene rings is 2. The first kappa shape index (κ1) is 13.0. The summed E-state index contributed by atoms with van der Waals surface area (Å²) in [5.41, 5.74) is 10.5. The van der Waals surface area contributed by atoms with E-state index in [1.807, 2.05) is 61.3 Å². The van der Waals surface area contributed by atoms with Crippen LogP contribution in [-0.2, 0) is 6.54 Å². The molecule has 0 spiro atoms. The predicted molar refractivity (Wildman–Crippen MR) is 78.9 cm³/mol. The van der Waals surface area contributed by atoms with Gasteiger partial charge in [-0.25, -0.2) is 0 Å². The lowest BCUT2D eigenvalue weighted by molar-refractivity contribution is 0.922. The zero-order valence-electron chi connectivity index (χ0n) is 11.2. The molecule has 0 unspecified atom stereocenters. The van der Waals surface area contributed by atoms with Gasteiger partial charge in [0.2, 0.25) is 0 Å². The maximum atomic E-state index is 9.21. The number of rotatable bonds is 3. The summed E-state index contributed by atoms with van der Waals surface area (Å²) in [5.74, 6) is 0. The largest absolute Gasteiger partial charge is 0.398 e. The molecule has 0 atom stereocenters. The van der Waals surface area contributed by atoms with Gasteiger partial charge in [0.25, 0.3) is 0 Å².